The third-order valence-electron chi connectivity index (χ3n) is 4.33. The van der Waals surface area contributed by atoms with Gasteiger partial charge in [0.2, 0.25) is 5.69 Å². The molecule has 0 aliphatic carbocycles. The average Bonchev–Trinajstić information content (AvgIpc) is 2.46. The number of hydrogen-bond donors (Lipinski definition) is 0. The third-order valence-corrected chi connectivity index (χ3v) is 4.33. The van der Waals surface area contributed by atoms with Crippen LogP contribution in [-0.4, -0.2) is 0 Å². The molecule has 0 spiro atoms. The molecule has 2 unspecified atom stereocenters. The van der Waals surface area contributed by atoms with Crippen molar-refractivity contribution in [3.05, 3.63) is 48.8 Å². The Labute approximate surface area is 125 Å². The lowest BCUT2D eigenvalue weighted by molar-refractivity contribution is -0.732. The Hall–Kier alpha value is -1.37. The molecule has 0 aliphatic heterocycles. The minimum Gasteiger partial charge on any atom is -0.195 e. The van der Waals surface area contributed by atoms with Crippen LogP contribution in [0.5, 0.6) is 0 Å². The van der Waals surface area contributed by atoms with Crippen LogP contribution < -0.4 is 4.57 Å². The quantitative estimate of drug-likeness (QED) is 0.469. The zero-order chi connectivity index (χ0) is 15.3. The molecule has 0 N–H and O–H groups in total. The first-order chi connectivity index (χ1) is 9.46. The van der Waals surface area contributed by atoms with E-state index in [2.05, 4.69) is 70.7 Å². The van der Waals surface area contributed by atoms with Gasteiger partial charge in [-0.1, -0.05) is 53.9 Å². The van der Waals surface area contributed by atoms with E-state index in [9.17, 15) is 0 Å². The van der Waals surface area contributed by atoms with Crippen molar-refractivity contribution in [3.8, 4) is 0 Å². The normalized spacial score (nSPS) is 14.1. The molecule has 0 fully saturated rings. The predicted octanol–water partition coefficient (Wildman–Crippen LogP) is 5.29. The van der Waals surface area contributed by atoms with Crippen molar-refractivity contribution in [1.29, 1.82) is 0 Å². The van der Waals surface area contributed by atoms with Crippen molar-refractivity contribution in [3.63, 3.8) is 0 Å². The van der Waals surface area contributed by atoms with Crippen molar-refractivity contribution >= 4 is 5.57 Å². The number of rotatable bonds is 7. The van der Waals surface area contributed by atoms with Crippen LogP contribution in [0.25, 0.3) is 5.57 Å². The van der Waals surface area contributed by atoms with E-state index in [1.54, 1.807) is 0 Å². The number of hydrogen-bond acceptors (Lipinski definition) is 0. The first-order valence-electron chi connectivity index (χ1n) is 7.82. The summed E-state index contributed by atoms with van der Waals surface area (Å²) in [6, 6.07) is 5.04. The molecule has 0 saturated carbocycles. The molecule has 0 aromatic carbocycles. The molecule has 1 heteroatoms. The fourth-order valence-corrected chi connectivity index (χ4v) is 2.68. The fraction of sp³-hybridized carbons (Fsp3) is 0.526. The standard InChI is InChI=1S/C19H30N/c1-8-15(6)18(10-3)20-12-11-17(14(4)5)13-19(20)16(7)9-2/h9,11-15,18H,2,7-8,10H2,1,3-6H3/q+1. The molecule has 0 radical (unpaired) electrons. The maximum Gasteiger partial charge on any atom is 0.212 e. The second kappa shape index (κ2) is 7.42. The van der Waals surface area contributed by atoms with Gasteiger partial charge in [-0.25, -0.2) is 0 Å². The highest BCUT2D eigenvalue weighted by Crippen LogP contribution is 2.24. The molecule has 0 aliphatic rings. The minimum absolute atomic E-state index is 0.521. The molecule has 0 bridgehead atoms. The zero-order valence-electron chi connectivity index (χ0n) is 13.8. The zero-order valence-corrected chi connectivity index (χ0v) is 13.8. The lowest BCUT2D eigenvalue weighted by Gasteiger charge is -2.20. The SMILES string of the molecule is C=CC(=C)c1cc(C(C)C)cc[n+]1C(CC)C(C)CC. The van der Waals surface area contributed by atoms with Gasteiger partial charge in [0.05, 0.1) is 0 Å². The summed E-state index contributed by atoms with van der Waals surface area (Å²) in [5.41, 5.74) is 3.57. The van der Waals surface area contributed by atoms with Gasteiger partial charge in [0.1, 0.15) is 0 Å². The second-order valence-electron chi connectivity index (χ2n) is 6.00. The molecule has 1 aromatic heterocycles. The molecule has 1 rings (SSSR count). The summed E-state index contributed by atoms with van der Waals surface area (Å²) in [7, 11) is 0. The van der Waals surface area contributed by atoms with Gasteiger partial charge in [0.25, 0.3) is 0 Å². The Bertz CT molecular complexity index is 471. The van der Waals surface area contributed by atoms with E-state index in [1.807, 2.05) is 6.08 Å². The van der Waals surface area contributed by atoms with Crippen LogP contribution in [0.4, 0.5) is 0 Å². The largest absolute Gasteiger partial charge is 0.212 e. The topological polar surface area (TPSA) is 3.88 Å². The number of aromatic nitrogens is 1. The van der Waals surface area contributed by atoms with Crippen molar-refractivity contribution in [1.82, 2.24) is 0 Å². The summed E-state index contributed by atoms with van der Waals surface area (Å²) in [4.78, 5) is 0. The summed E-state index contributed by atoms with van der Waals surface area (Å²) in [6.07, 6.45) is 6.43. The molecule has 0 saturated heterocycles. The fourth-order valence-electron chi connectivity index (χ4n) is 2.68. The molecule has 2 atom stereocenters. The Morgan fingerprint density at radius 1 is 1.25 bits per heavy atom. The predicted molar refractivity (Wildman–Crippen MR) is 88.7 cm³/mol. The molecule has 0 amide bonds. The summed E-state index contributed by atoms with van der Waals surface area (Å²) in [5.74, 6) is 1.19. The van der Waals surface area contributed by atoms with Crippen LogP contribution in [0.2, 0.25) is 0 Å². The first kappa shape index (κ1) is 16.7. The van der Waals surface area contributed by atoms with Crippen LogP contribution in [0, 0.1) is 5.92 Å². The smallest absolute Gasteiger partial charge is 0.195 e. The maximum absolute atomic E-state index is 4.17. The van der Waals surface area contributed by atoms with Crippen LogP contribution in [-0.2, 0) is 0 Å². The van der Waals surface area contributed by atoms with Gasteiger partial charge in [0.15, 0.2) is 12.2 Å². The summed E-state index contributed by atoms with van der Waals surface area (Å²) in [6.45, 7) is 19.4. The summed E-state index contributed by atoms with van der Waals surface area (Å²) in [5, 5.41) is 0. The highest BCUT2D eigenvalue weighted by molar-refractivity contribution is 5.67. The molecule has 1 nitrogen and oxygen atoms in total. The van der Waals surface area contributed by atoms with E-state index in [0.717, 1.165) is 12.0 Å². The molecule has 20 heavy (non-hydrogen) atoms. The van der Waals surface area contributed by atoms with Crippen molar-refractivity contribution in [2.45, 2.75) is 59.4 Å². The summed E-state index contributed by atoms with van der Waals surface area (Å²) < 4.78 is 2.39. The van der Waals surface area contributed by atoms with E-state index in [1.165, 1.54) is 17.7 Å². The molecular weight excluding hydrogens is 242 g/mol. The monoisotopic (exact) mass is 272 g/mol. The highest BCUT2D eigenvalue weighted by Gasteiger charge is 2.27. The van der Waals surface area contributed by atoms with Crippen LogP contribution >= 0.6 is 0 Å². The molecule has 110 valence electrons. The molecule has 1 heterocycles. The van der Waals surface area contributed by atoms with Gasteiger partial charge in [-0.15, -0.1) is 0 Å². The number of allylic oxidation sites excluding steroid dienone is 2. The van der Waals surface area contributed by atoms with Gasteiger partial charge in [-0.2, -0.15) is 4.57 Å². The van der Waals surface area contributed by atoms with Gasteiger partial charge in [0, 0.05) is 30.0 Å². The van der Waals surface area contributed by atoms with E-state index in [4.69, 9.17) is 0 Å². The second-order valence-corrected chi connectivity index (χ2v) is 6.00. The first-order valence-corrected chi connectivity index (χ1v) is 7.82. The Balaban J connectivity index is 3.37. The lowest BCUT2D eigenvalue weighted by atomic mass is 9.94. The van der Waals surface area contributed by atoms with Gasteiger partial charge >= 0.3 is 0 Å². The van der Waals surface area contributed by atoms with Crippen molar-refractivity contribution in [2.75, 3.05) is 0 Å². The summed E-state index contributed by atoms with van der Waals surface area (Å²) >= 11 is 0. The highest BCUT2D eigenvalue weighted by atomic mass is 15.0. The average molecular weight is 272 g/mol. The lowest BCUT2D eigenvalue weighted by Crippen LogP contribution is -2.45. The van der Waals surface area contributed by atoms with Crippen LogP contribution in [0.3, 0.4) is 0 Å². The van der Waals surface area contributed by atoms with Crippen LogP contribution in [0.1, 0.15) is 70.7 Å². The van der Waals surface area contributed by atoms with Crippen molar-refractivity contribution in [2.24, 2.45) is 5.92 Å². The van der Waals surface area contributed by atoms with Gasteiger partial charge in [-0.05, 0) is 17.9 Å². The minimum atomic E-state index is 0.521. The van der Waals surface area contributed by atoms with Gasteiger partial charge in [-0.3, -0.25) is 0 Å². The van der Waals surface area contributed by atoms with Crippen molar-refractivity contribution < 1.29 is 4.57 Å². The Morgan fingerprint density at radius 2 is 1.90 bits per heavy atom. The van der Waals surface area contributed by atoms with E-state index in [-0.39, 0.29) is 0 Å². The molecular formula is C19H30N+. The third kappa shape index (κ3) is 3.59. The van der Waals surface area contributed by atoms with Crippen LogP contribution in [0.15, 0.2) is 37.6 Å². The van der Waals surface area contributed by atoms with E-state index >= 15 is 0 Å². The maximum atomic E-state index is 4.17. The number of nitrogens with zero attached hydrogens (tertiary/aromatic N) is 1. The molecule has 1 aromatic rings. The van der Waals surface area contributed by atoms with Gasteiger partial charge < -0.3 is 0 Å². The Morgan fingerprint density at radius 3 is 2.35 bits per heavy atom. The Kier molecular flexibility index (Phi) is 6.19. The van der Waals surface area contributed by atoms with E-state index in [0.29, 0.717) is 17.9 Å². The van der Waals surface area contributed by atoms with E-state index < -0.39 is 0 Å². The number of pyridine rings is 1.